The fourth-order valence-electron chi connectivity index (χ4n) is 1.18. The van der Waals surface area contributed by atoms with E-state index in [9.17, 15) is 13.2 Å². The van der Waals surface area contributed by atoms with Crippen molar-refractivity contribution in [1.82, 2.24) is 4.72 Å². The Labute approximate surface area is 77.7 Å². The molecule has 0 unspecified atom stereocenters. The molecule has 13 heavy (non-hydrogen) atoms. The summed E-state index contributed by atoms with van der Waals surface area (Å²) in [6, 6.07) is 0.0556. The molecule has 1 aliphatic rings. The number of carbonyl (C=O) groups excluding carboxylic acids is 1. The minimum Gasteiger partial charge on any atom is -0.328 e. The Balaban J connectivity index is 2.43. The number of carbonyl (C=O) groups is 1. The Morgan fingerprint density at radius 3 is 2.46 bits per heavy atom. The van der Waals surface area contributed by atoms with Crippen molar-refractivity contribution in [3.05, 3.63) is 0 Å². The molecule has 0 aliphatic heterocycles. The predicted molar refractivity (Wildman–Crippen MR) is 48.3 cm³/mol. The zero-order valence-electron chi connectivity index (χ0n) is 7.49. The summed E-state index contributed by atoms with van der Waals surface area (Å²) in [7, 11) is -3.40. The molecule has 6 heteroatoms. The van der Waals surface area contributed by atoms with Crippen LogP contribution in [0, 0.1) is 5.92 Å². The quantitative estimate of drug-likeness (QED) is 0.632. The first kappa shape index (κ1) is 10.5. The van der Waals surface area contributed by atoms with Gasteiger partial charge in [0.2, 0.25) is 15.9 Å². The topological polar surface area (TPSA) is 89.3 Å². The Kier molecular flexibility index (Phi) is 2.92. The largest absolute Gasteiger partial charge is 0.328 e. The number of nitrogens with one attached hydrogen (secondary N) is 1. The summed E-state index contributed by atoms with van der Waals surface area (Å²) >= 11 is 0. The van der Waals surface area contributed by atoms with Crippen molar-refractivity contribution in [3.8, 4) is 0 Å². The Hall–Kier alpha value is -0.620. The minimum absolute atomic E-state index is 0.0556. The van der Waals surface area contributed by atoms with Crippen LogP contribution in [0.25, 0.3) is 0 Å². The van der Waals surface area contributed by atoms with Gasteiger partial charge in [-0.15, -0.1) is 0 Å². The summed E-state index contributed by atoms with van der Waals surface area (Å²) in [6.45, 7) is 1.49. The molecule has 3 N–H and O–H groups in total. The zero-order chi connectivity index (χ0) is 10.1. The van der Waals surface area contributed by atoms with Gasteiger partial charge >= 0.3 is 0 Å². The first-order valence-corrected chi connectivity index (χ1v) is 5.89. The summed E-state index contributed by atoms with van der Waals surface area (Å²) in [6.07, 6.45) is 1.18. The number of hydrogen-bond donors (Lipinski definition) is 2. The van der Waals surface area contributed by atoms with Crippen molar-refractivity contribution in [1.29, 1.82) is 0 Å². The predicted octanol–water partition coefficient (Wildman–Crippen LogP) is -0.810. The molecule has 0 aromatic carbocycles. The van der Waals surface area contributed by atoms with Gasteiger partial charge in [-0.25, -0.2) is 8.42 Å². The molecule has 0 spiro atoms. The third-order valence-electron chi connectivity index (χ3n) is 2.18. The summed E-state index contributed by atoms with van der Waals surface area (Å²) < 4.78 is 24.0. The van der Waals surface area contributed by atoms with E-state index in [1.54, 1.807) is 0 Å². The highest BCUT2D eigenvalue weighted by Crippen LogP contribution is 2.25. The molecule has 1 amide bonds. The molecule has 76 valence electrons. The van der Waals surface area contributed by atoms with Crippen LogP contribution in [0.15, 0.2) is 0 Å². The molecule has 0 saturated heterocycles. The lowest BCUT2D eigenvalue weighted by Crippen LogP contribution is -2.46. The molecule has 0 aromatic heterocycles. The molecule has 0 aromatic rings. The fourth-order valence-corrected chi connectivity index (χ4v) is 1.80. The first-order chi connectivity index (χ1) is 5.94. The fraction of sp³-hybridized carbons (Fsp3) is 0.857. The SMILES string of the molecule is CCS(=O)(=O)NC(=O)C1CC(N)C1. The van der Waals surface area contributed by atoms with Crippen LogP contribution in [0.3, 0.4) is 0 Å². The monoisotopic (exact) mass is 206 g/mol. The van der Waals surface area contributed by atoms with E-state index in [0.29, 0.717) is 12.8 Å². The number of amides is 1. The summed E-state index contributed by atoms with van der Waals surface area (Å²) in [5, 5.41) is 0. The van der Waals surface area contributed by atoms with Crippen molar-refractivity contribution < 1.29 is 13.2 Å². The van der Waals surface area contributed by atoms with Crippen molar-refractivity contribution in [2.24, 2.45) is 11.7 Å². The third kappa shape index (κ3) is 2.67. The van der Waals surface area contributed by atoms with Crippen LogP contribution in [0.2, 0.25) is 0 Å². The highest BCUT2D eigenvalue weighted by Gasteiger charge is 2.33. The van der Waals surface area contributed by atoms with Gasteiger partial charge in [0.15, 0.2) is 0 Å². The van der Waals surface area contributed by atoms with E-state index in [4.69, 9.17) is 5.73 Å². The van der Waals surface area contributed by atoms with Crippen LogP contribution in [0.1, 0.15) is 19.8 Å². The standard InChI is InChI=1S/C7H14N2O3S/c1-2-13(11,12)9-7(10)5-3-6(8)4-5/h5-6H,2-4,8H2,1H3,(H,9,10). The molecule has 0 atom stereocenters. The van der Waals surface area contributed by atoms with E-state index < -0.39 is 15.9 Å². The summed E-state index contributed by atoms with van der Waals surface area (Å²) in [5.41, 5.74) is 5.47. The van der Waals surface area contributed by atoms with Gasteiger partial charge in [0.05, 0.1) is 5.75 Å². The van der Waals surface area contributed by atoms with Crippen LogP contribution in [-0.4, -0.2) is 26.1 Å². The van der Waals surface area contributed by atoms with Gasteiger partial charge in [-0.1, -0.05) is 0 Å². The van der Waals surface area contributed by atoms with Gasteiger partial charge in [0, 0.05) is 12.0 Å². The maximum atomic E-state index is 11.2. The second kappa shape index (κ2) is 3.63. The van der Waals surface area contributed by atoms with E-state index >= 15 is 0 Å². The van der Waals surface area contributed by atoms with E-state index in [2.05, 4.69) is 0 Å². The van der Waals surface area contributed by atoms with E-state index in [1.807, 2.05) is 4.72 Å². The Morgan fingerprint density at radius 1 is 1.54 bits per heavy atom. The first-order valence-electron chi connectivity index (χ1n) is 4.24. The lowest BCUT2D eigenvalue weighted by Gasteiger charge is -2.30. The summed E-state index contributed by atoms with van der Waals surface area (Å²) in [4.78, 5) is 11.2. The number of sulfonamides is 1. The van der Waals surface area contributed by atoms with Gasteiger partial charge < -0.3 is 5.73 Å². The second-order valence-corrected chi connectivity index (χ2v) is 5.31. The molecule has 0 radical (unpaired) electrons. The van der Waals surface area contributed by atoms with Crippen LogP contribution in [0.4, 0.5) is 0 Å². The number of rotatable bonds is 3. The van der Waals surface area contributed by atoms with Gasteiger partial charge in [-0.3, -0.25) is 9.52 Å². The molecule has 0 bridgehead atoms. The molecular formula is C7H14N2O3S. The van der Waals surface area contributed by atoms with Crippen molar-refractivity contribution >= 4 is 15.9 Å². The van der Waals surface area contributed by atoms with Gasteiger partial charge in [0.1, 0.15) is 0 Å². The third-order valence-corrected chi connectivity index (χ3v) is 3.45. The smallest absolute Gasteiger partial charge is 0.236 e. The van der Waals surface area contributed by atoms with Crippen molar-refractivity contribution in [2.75, 3.05) is 5.75 Å². The maximum absolute atomic E-state index is 11.2. The van der Waals surface area contributed by atoms with E-state index in [0.717, 1.165) is 0 Å². The van der Waals surface area contributed by atoms with Crippen LogP contribution >= 0.6 is 0 Å². The molecule has 0 heterocycles. The lowest BCUT2D eigenvalue weighted by molar-refractivity contribution is -0.126. The van der Waals surface area contributed by atoms with E-state index in [1.165, 1.54) is 6.92 Å². The van der Waals surface area contributed by atoms with Crippen LogP contribution in [-0.2, 0) is 14.8 Å². The van der Waals surface area contributed by atoms with Gasteiger partial charge in [-0.2, -0.15) is 0 Å². The van der Waals surface area contributed by atoms with Crippen molar-refractivity contribution in [3.63, 3.8) is 0 Å². The average molecular weight is 206 g/mol. The zero-order valence-corrected chi connectivity index (χ0v) is 8.30. The molecule has 1 rings (SSSR count). The van der Waals surface area contributed by atoms with Gasteiger partial charge in [-0.05, 0) is 19.8 Å². The molecule has 5 nitrogen and oxygen atoms in total. The maximum Gasteiger partial charge on any atom is 0.236 e. The Bertz CT molecular complexity index is 293. The molecule has 1 aliphatic carbocycles. The molecule has 1 fully saturated rings. The second-order valence-electron chi connectivity index (χ2n) is 3.30. The normalized spacial score (nSPS) is 27.8. The van der Waals surface area contributed by atoms with Crippen LogP contribution < -0.4 is 10.5 Å². The van der Waals surface area contributed by atoms with Crippen molar-refractivity contribution in [2.45, 2.75) is 25.8 Å². The average Bonchev–Trinajstić information content (AvgIpc) is 1.98. The van der Waals surface area contributed by atoms with Crippen LogP contribution in [0.5, 0.6) is 0 Å². The van der Waals surface area contributed by atoms with E-state index in [-0.39, 0.29) is 17.7 Å². The molecule has 1 saturated carbocycles. The number of hydrogen-bond acceptors (Lipinski definition) is 4. The number of nitrogens with two attached hydrogens (primary N) is 1. The molecular weight excluding hydrogens is 192 g/mol. The Morgan fingerprint density at radius 2 is 2.08 bits per heavy atom. The lowest BCUT2D eigenvalue weighted by atomic mass is 9.80. The highest BCUT2D eigenvalue weighted by molar-refractivity contribution is 7.90. The van der Waals surface area contributed by atoms with Gasteiger partial charge in [0.25, 0.3) is 0 Å². The summed E-state index contributed by atoms with van der Waals surface area (Å²) in [5.74, 6) is -0.697. The minimum atomic E-state index is -3.40. The highest BCUT2D eigenvalue weighted by atomic mass is 32.2.